The van der Waals surface area contributed by atoms with Crippen molar-refractivity contribution in [3.63, 3.8) is 0 Å². The average molecular weight is 448 g/mol. The molecular weight excluding hydrogens is 423 g/mol. The highest BCUT2D eigenvalue weighted by Crippen LogP contribution is 2.31. The van der Waals surface area contributed by atoms with Crippen molar-refractivity contribution < 1.29 is 13.6 Å². The van der Waals surface area contributed by atoms with Crippen LogP contribution in [0.5, 0.6) is 0 Å². The first-order valence-corrected chi connectivity index (χ1v) is 11.1. The Bertz CT molecular complexity index is 1350. The molecule has 0 radical (unpaired) electrons. The summed E-state index contributed by atoms with van der Waals surface area (Å²) in [7, 11) is 1.71. The number of para-hydroxylation sites is 2. The van der Waals surface area contributed by atoms with Crippen LogP contribution in [0.15, 0.2) is 63.9 Å². The van der Waals surface area contributed by atoms with Crippen LogP contribution in [0, 0.1) is 5.82 Å². The number of carbonyl (C=O) groups excluding carboxylic acids is 1. The number of imidazole rings is 1. The van der Waals surface area contributed by atoms with Crippen LogP contribution in [0.3, 0.4) is 0 Å². The second kappa shape index (κ2) is 8.69. The number of aromatic nitrogens is 3. The van der Waals surface area contributed by atoms with Gasteiger partial charge in [0.2, 0.25) is 11.8 Å². The molecule has 3 heterocycles. The van der Waals surface area contributed by atoms with Gasteiger partial charge < -0.3 is 9.32 Å². The van der Waals surface area contributed by atoms with Crippen molar-refractivity contribution in [1.29, 1.82) is 0 Å². The summed E-state index contributed by atoms with van der Waals surface area (Å²) in [6.07, 6.45) is 4.80. The van der Waals surface area contributed by atoms with E-state index in [0.29, 0.717) is 24.6 Å². The van der Waals surface area contributed by atoms with Gasteiger partial charge >= 0.3 is 5.69 Å². The Morgan fingerprint density at radius 1 is 1.12 bits per heavy atom. The molecule has 0 bridgehead atoms. The standard InChI is InChI=1S/C25H25FN4O3/c1-28-20-6-2-3-7-21(20)30(25(28)32)16-23(31)29-13-5-4-8-22(29)24-27-15-19(33-24)14-17-9-11-18(26)12-10-17/h2-3,6-7,9-12,15,22H,4-5,8,13-14,16H2,1H3. The summed E-state index contributed by atoms with van der Waals surface area (Å²) in [6, 6.07) is 13.5. The molecule has 1 amide bonds. The van der Waals surface area contributed by atoms with E-state index in [4.69, 9.17) is 4.42 Å². The van der Waals surface area contributed by atoms with Crippen LogP contribution in [0.2, 0.25) is 0 Å². The number of oxazole rings is 1. The highest BCUT2D eigenvalue weighted by molar-refractivity contribution is 5.81. The Labute approximate surface area is 190 Å². The van der Waals surface area contributed by atoms with Crippen molar-refractivity contribution in [3.8, 4) is 0 Å². The lowest BCUT2D eigenvalue weighted by Crippen LogP contribution is -2.41. The van der Waals surface area contributed by atoms with Gasteiger partial charge in [-0.1, -0.05) is 24.3 Å². The zero-order valence-electron chi connectivity index (χ0n) is 18.4. The number of halogens is 1. The Hall–Kier alpha value is -3.68. The number of rotatable bonds is 5. The Kier molecular flexibility index (Phi) is 5.58. The van der Waals surface area contributed by atoms with Gasteiger partial charge in [0.15, 0.2) is 0 Å². The first-order chi connectivity index (χ1) is 16.0. The Balaban J connectivity index is 1.37. The van der Waals surface area contributed by atoms with Gasteiger partial charge in [-0.05, 0) is 49.1 Å². The van der Waals surface area contributed by atoms with E-state index in [0.717, 1.165) is 35.9 Å². The molecule has 1 unspecified atom stereocenters. The molecule has 7 nitrogen and oxygen atoms in total. The molecule has 1 aliphatic heterocycles. The number of carbonyl (C=O) groups is 1. The van der Waals surface area contributed by atoms with E-state index < -0.39 is 0 Å². The van der Waals surface area contributed by atoms with Gasteiger partial charge in [-0.25, -0.2) is 14.2 Å². The van der Waals surface area contributed by atoms with Crippen LogP contribution in [0.1, 0.15) is 42.5 Å². The van der Waals surface area contributed by atoms with Gasteiger partial charge in [0.05, 0.1) is 17.2 Å². The number of amides is 1. The molecule has 2 aromatic carbocycles. The van der Waals surface area contributed by atoms with Gasteiger partial charge in [0.1, 0.15) is 24.2 Å². The number of hydrogen-bond donors (Lipinski definition) is 0. The van der Waals surface area contributed by atoms with Gasteiger partial charge in [-0.2, -0.15) is 0 Å². The van der Waals surface area contributed by atoms with Crippen LogP contribution in [0.25, 0.3) is 11.0 Å². The van der Waals surface area contributed by atoms with Crippen LogP contribution < -0.4 is 5.69 Å². The summed E-state index contributed by atoms with van der Waals surface area (Å²) < 4.78 is 22.3. The van der Waals surface area contributed by atoms with Crippen LogP contribution in [-0.4, -0.2) is 31.5 Å². The first kappa shape index (κ1) is 21.2. The van der Waals surface area contributed by atoms with E-state index in [-0.39, 0.29) is 30.0 Å². The molecule has 1 atom stereocenters. The molecular formula is C25H25FN4O3. The van der Waals surface area contributed by atoms with E-state index in [1.165, 1.54) is 16.7 Å². The lowest BCUT2D eigenvalue weighted by molar-refractivity contribution is -0.136. The Morgan fingerprint density at radius 2 is 1.88 bits per heavy atom. The van der Waals surface area contributed by atoms with Crippen molar-refractivity contribution in [3.05, 3.63) is 88.2 Å². The van der Waals surface area contributed by atoms with E-state index >= 15 is 0 Å². The minimum Gasteiger partial charge on any atom is -0.443 e. The quantitative estimate of drug-likeness (QED) is 0.465. The lowest BCUT2D eigenvalue weighted by Gasteiger charge is -2.33. The van der Waals surface area contributed by atoms with Crippen LogP contribution in [-0.2, 0) is 24.8 Å². The number of hydrogen-bond acceptors (Lipinski definition) is 4. The number of piperidine rings is 1. The zero-order valence-corrected chi connectivity index (χ0v) is 18.4. The number of benzene rings is 2. The molecule has 4 aromatic rings. The highest BCUT2D eigenvalue weighted by Gasteiger charge is 2.32. The number of fused-ring (bicyclic) bond motifs is 1. The third-order valence-corrected chi connectivity index (χ3v) is 6.32. The molecule has 8 heteroatoms. The largest absolute Gasteiger partial charge is 0.443 e. The third kappa shape index (κ3) is 4.08. The van der Waals surface area contributed by atoms with E-state index in [1.807, 2.05) is 24.3 Å². The third-order valence-electron chi connectivity index (χ3n) is 6.32. The molecule has 0 aliphatic carbocycles. The maximum Gasteiger partial charge on any atom is 0.329 e. The molecule has 5 rings (SSSR count). The number of nitrogens with zero attached hydrogens (tertiary/aromatic N) is 4. The summed E-state index contributed by atoms with van der Waals surface area (Å²) >= 11 is 0. The molecule has 170 valence electrons. The summed E-state index contributed by atoms with van der Waals surface area (Å²) in [5.74, 6) is 0.764. The van der Waals surface area contributed by atoms with Crippen molar-refractivity contribution in [2.45, 2.75) is 38.3 Å². The van der Waals surface area contributed by atoms with E-state index in [1.54, 1.807) is 34.8 Å². The van der Waals surface area contributed by atoms with Crippen LogP contribution >= 0.6 is 0 Å². The lowest BCUT2D eigenvalue weighted by atomic mass is 10.0. The predicted octanol–water partition coefficient (Wildman–Crippen LogP) is 3.81. The maximum atomic E-state index is 13.3. The topological polar surface area (TPSA) is 73.3 Å². The molecule has 0 saturated carbocycles. The fraction of sp³-hybridized carbons (Fsp3) is 0.320. The van der Waals surface area contributed by atoms with Gasteiger partial charge in [0.25, 0.3) is 0 Å². The van der Waals surface area contributed by atoms with Gasteiger partial charge in [0, 0.05) is 20.0 Å². The van der Waals surface area contributed by atoms with Crippen molar-refractivity contribution in [1.82, 2.24) is 19.0 Å². The summed E-state index contributed by atoms with van der Waals surface area (Å²) in [5, 5.41) is 0. The van der Waals surface area contributed by atoms with Gasteiger partial charge in [-0.3, -0.25) is 13.9 Å². The summed E-state index contributed by atoms with van der Waals surface area (Å²) in [5.41, 5.74) is 2.25. The molecule has 1 saturated heterocycles. The van der Waals surface area contributed by atoms with Crippen molar-refractivity contribution in [2.75, 3.05) is 6.54 Å². The van der Waals surface area contributed by atoms with E-state index in [9.17, 15) is 14.0 Å². The molecule has 2 aromatic heterocycles. The first-order valence-electron chi connectivity index (χ1n) is 11.1. The van der Waals surface area contributed by atoms with Crippen molar-refractivity contribution in [2.24, 2.45) is 7.05 Å². The number of likely N-dealkylation sites (tertiary alicyclic amines) is 1. The molecule has 0 spiro atoms. The van der Waals surface area contributed by atoms with Gasteiger partial charge in [-0.15, -0.1) is 0 Å². The molecule has 1 fully saturated rings. The monoisotopic (exact) mass is 448 g/mol. The molecule has 0 N–H and O–H groups in total. The maximum absolute atomic E-state index is 13.3. The summed E-state index contributed by atoms with van der Waals surface area (Å²) in [6.45, 7) is 0.568. The SMILES string of the molecule is Cn1c(=O)n(CC(=O)N2CCCCC2c2ncc(Cc3ccc(F)cc3)o2)c2ccccc21. The minimum absolute atomic E-state index is 0.0279. The average Bonchev–Trinajstić information content (AvgIpc) is 3.39. The fourth-order valence-electron chi connectivity index (χ4n) is 4.59. The van der Waals surface area contributed by atoms with Crippen molar-refractivity contribution >= 4 is 16.9 Å². The number of aryl methyl sites for hydroxylation is 1. The normalized spacial score (nSPS) is 16.4. The zero-order chi connectivity index (χ0) is 22.9. The second-order valence-electron chi connectivity index (χ2n) is 8.48. The highest BCUT2D eigenvalue weighted by atomic mass is 19.1. The van der Waals surface area contributed by atoms with E-state index in [2.05, 4.69) is 4.98 Å². The van der Waals surface area contributed by atoms with Crippen LogP contribution in [0.4, 0.5) is 4.39 Å². The molecule has 33 heavy (non-hydrogen) atoms. The Morgan fingerprint density at radius 3 is 2.67 bits per heavy atom. The smallest absolute Gasteiger partial charge is 0.329 e. The predicted molar refractivity (Wildman–Crippen MR) is 121 cm³/mol. The minimum atomic E-state index is -0.279. The molecule has 1 aliphatic rings. The fourth-order valence-corrected chi connectivity index (χ4v) is 4.59. The second-order valence-corrected chi connectivity index (χ2v) is 8.48. The summed E-state index contributed by atoms with van der Waals surface area (Å²) in [4.78, 5) is 32.3.